The minimum atomic E-state index is -0.900. The predicted octanol–water partition coefficient (Wildman–Crippen LogP) is 3.27. The standard InChI is InChI=1S/C25H29NO8/c1-5-34-20-13-15(7-10-18(20)27)22-21(24(29)25(30)26(22)11-6-12-31-2)23(28)17-9-8-16(32-3)14-19(17)33-4/h7-10,13-14,22,27-28H,5-6,11-12H2,1-4H3/b23-21+. The predicted molar refractivity (Wildman–Crippen MR) is 124 cm³/mol. The van der Waals surface area contributed by atoms with Crippen LogP contribution in [0.1, 0.15) is 30.5 Å². The summed E-state index contributed by atoms with van der Waals surface area (Å²) in [6.45, 7) is 2.71. The fourth-order valence-electron chi connectivity index (χ4n) is 3.95. The van der Waals surface area contributed by atoms with Gasteiger partial charge in [0.2, 0.25) is 0 Å². The third kappa shape index (κ3) is 4.79. The van der Waals surface area contributed by atoms with E-state index in [9.17, 15) is 19.8 Å². The Balaban J connectivity index is 2.20. The van der Waals surface area contributed by atoms with E-state index in [2.05, 4.69) is 0 Å². The molecule has 0 radical (unpaired) electrons. The van der Waals surface area contributed by atoms with Crippen molar-refractivity contribution in [3.63, 3.8) is 0 Å². The molecular formula is C25H29NO8. The molecule has 1 aliphatic rings. The van der Waals surface area contributed by atoms with Gasteiger partial charge in [0.1, 0.15) is 17.3 Å². The van der Waals surface area contributed by atoms with Crippen LogP contribution < -0.4 is 14.2 Å². The lowest BCUT2D eigenvalue weighted by atomic mass is 9.94. The minimum Gasteiger partial charge on any atom is -0.507 e. The molecule has 0 spiro atoms. The number of Topliss-reactive ketones (excluding diaryl/α,β-unsaturated/α-hetero) is 1. The number of hydrogen-bond donors (Lipinski definition) is 2. The van der Waals surface area contributed by atoms with Crippen LogP contribution in [0.4, 0.5) is 0 Å². The van der Waals surface area contributed by atoms with Crippen LogP contribution in [0, 0.1) is 0 Å². The Kier molecular flexibility index (Phi) is 8.01. The van der Waals surface area contributed by atoms with E-state index in [4.69, 9.17) is 18.9 Å². The number of rotatable bonds is 10. The van der Waals surface area contributed by atoms with E-state index in [0.717, 1.165) is 0 Å². The maximum atomic E-state index is 13.2. The van der Waals surface area contributed by atoms with E-state index in [1.54, 1.807) is 44.4 Å². The van der Waals surface area contributed by atoms with Gasteiger partial charge in [-0.2, -0.15) is 0 Å². The Hall–Kier alpha value is -3.72. The molecule has 1 saturated heterocycles. The number of aromatic hydroxyl groups is 1. The Morgan fingerprint density at radius 2 is 1.79 bits per heavy atom. The van der Waals surface area contributed by atoms with Gasteiger partial charge >= 0.3 is 0 Å². The monoisotopic (exact) mass is 471 g/mol. The molecule has 2 aromatic carbocycles. The van der Waals surface area contributed by atoms with Crippen LogP contribution in [0.25, 0.3) is 5.76 Å². The number of carbonyl (C=O) groups is 2. The maximum absolute atomic E-state index is 13.2. The number of ketones is 1. The lowest BCUT2D eigenvalue weighted by Crippen LogP contribution is -2.31. The van der Waals surface area contributed by atoms with Gasteiger partial charge in [-0.25, -0.2) is 0 Å². The number of carbonyl (C=O) groups excluding carboxylic acids is 2. The minimum absolute atomic E-state index is 0.0706. The van der Waals surface area contributed by atoms with Crippen molar-refractivity contribution in [1.29, 1.82) is 0 Å². The zero-order valence-electron chi connectivity index (χ0n) is 19.7. The second-order valence-corrected chi connectivity index (χ2v) is 7.57. The second-order valence-electron chi connectivity index (χ2n) is 7.57. The van der Waals surface area contributed by atoms with Crippen LogP contribution >= 0.6 is 0 Å². The first-order valence-electron chi connectivity index (χ1n) is 10.8. The van der Waals surface area contributed by atoms with Crippen molar-refractivity contribution in [3.05, 3.63) is 53.1 Å². The molecule has 1 atom stereocenters. The van der Waals surface area contributed by atoms with Gasteiger partial charge in [0.05, 0.1) is 38.0 Å². The summed E-state index contributed by atoms with van der Waals surface area (Å²) in [5.74, 6) is -0.997. The van der Waals surface area contributed by atoms with Crippen molar-refractivity contribution < 1.29 is 38.7 Å². The molecule has 1 amide bonds. The molecule has 2 N–H and O–H groups in total. The zero-order chi connectivity index (χ0) is 24.8. The van der Waals surface area contributed by atoms with E-state index in [-0.39, 0.29) is 40.7 Å². The quantitative estimate of drug-likeness (QED) is 0.235. The number of likely N-dealkylation sites (tertiary alicyclic amines) is 1. The molecule has 182 valence electrons. The highest BCUT2D eigenvalue weighted by Crippen LogP contribution is 2.43. The first-order valence-corrected chi connectivity index (χ1v) is 10.8. The SMILES string of the molecule is CCOc1cc(C2/C(=C(\O)c3ccc(OC)cc3OC)C(=O)C(=O)N2CCCOC)ccc1O. The molecule has 0 bridgehead atoms. The first-order chi connectivity index (χ1) is 16.4. The largest absolute Gasteiger partial charge is 0.507 e. The molecule has 34 heavy (non-hydrogen) atoms. The van der Waals surface area contributed by atoms with Crippen molar-refractivity contribution in [3.8, 4) is 23.0 Å². The molecule has 0 aromatic heterocycles. The Morgan fingerprint density at radius 3 is 2.44 bits per heavy atom. The van der Waals surface area contributed by atoms with Crippen LogP contribution in [-0.4, -0.2) is 67.9 Å². The van der Waals surface area contributed by atoms with Gasteiger partial charge in [-0.1, -0.05) is 6.07 Å². The van der Waals surface area contributed by atoms with Gasteiger partial charge in [-0.05, 0) is 43.2 Å². The van der Waals surface area contributed by atoms with Crippen molar-refractivity contribution >= 4 is 17.4 Å². The summed E-state index contributed by atoms with van der Waals surface area (Å²) in [4.78, 5) is 27.6. The van der Waals surface area contributed by atoms with Crippen LogP contribution in [-0.2, 0) is 14.3 Å². The Morgan fingerprint density at radius 1 is 1.03 bits per heavy atom. The summed E-state index contributed by atoms with van der Waals surface area (Å²) >= 11 is 0. The topological polar surface area (TPSA) is 115 Å². The Labute approximate surface area is 198 Å². The smallest absolute Gasteiger partial charge is 0.295 e. The molecule has 1 fully saturated rings. The van der Waals surface area contributed by atoms with E-state index in [0.29, 0.717) is 30.9 Å². The van der Waals surface area contributed by atoms with E-state index in [1.165, 1.54) is 25.2 Å². The molecule has 0 aliphatic carbocycles. The van der Waals surface area contributed by atoms with Crippen LogP contribution in [0.15, 0.2) is 42.0 Å². The Bertz CT molecular complexity index is 1090. The van der Waals surface area contributed by atoms with Crippen LogP contribution in [0.2, 0.25) is 0 Å². The second kappa shape index (κ2) is 10.9. The lowest BCUT2D eigenvalue weighted by molar-refractivity contribution is -0.140. The van der Waals surface area contributed by atoms with Gasteiger partial charge < -0.3 is 34.1 Å². The number of benzene rings is 2. The van der Waals surface area contributed by atoms with E-state index < -0.39 is 17.7 Å². The van der Waals surface area contributed by atoms with E-state index in [1.807, 2.05) is 0 Å². The molecule has 3 rings (SSSR count). The number of phenolic OH excluding ortho intramolecular Hbond substituents is 1. The summed E-state index contributed by atoms with van der Waals surface area (Å²) in [6, 6.07) is 8.45. The maximum Gasteiger partial charge on any atom is 0.295 e. The number of nitrogens with zero attached hydrogens (tertiary/aromatic N) is 1. The summed E-state index contributed by atoms with van der Waals surface area (Å²) < 4.78 is 21.2. The van der Waals surface area contributed by atoms with Gasteiger partial charge in [0.25, 0.3) is 11.7 Å². The number of ether oxygens (including phenoxy) is 4. The highest BCUT2D eigenvalue weighted by molar-refractivity contribution is 6.46. The average Bonchev–Trinajstić information content (AvgIpc) is 3.09. The summed E-state index contributed by atoms with van der Waals surface area (Å²) in [5, 5.41) is 21.4. The average molecular weight is 472 g/mol. The van der Waals surface area contributed by atoms with Crippen molar-refractivity contribution in [2.75, 3.05) is 41.1 Å². The summed E-state index contributed by atoms with van der Waals surface area (Å²) in [6.07, 6.45) is 0.488. The van der Waals surface area contributed by atoms with E-state index >= 15 is 0 Å². The molecule has 1 heterocycles. The first kappa shape index (κ1) is 24.9. The molecule has 2 aromatic rings. The van der Waals surface area contributed by atoms with Gasteiger partial charge in [0.15, 0.2) is 11.5 Å². The molecule has 1 unspecified atom stereocenters. The highest BCUT2D eigenvalue weighted by atomic mass is 16.5. The zero-order valence-corrected chi connectivity index (χ0v) is 19.7. The van der Waals surface area contributed by atoms with Crippen molar-refractivity contribution in [2.45, 2.75) is 19.4 Å². The lowest BCUT2D eigenvalue weighted by Gasteiger charge is -2.26. The number of aliphatic hydroxyl groups is 1. The molecule has 9 nitrogen and oxygen atoms in total. The normalized spacial score (nSPS) is 17.2. The molecule has 0 saturated carbocycles. The van der Waals surface area contributed by atoms with Crippen LogP contribution in [0.3, 0.4) is 0 Å². The third-order valence-electron chi connectivity index (χ3n) is 5.55. The fraction of sp³-hybridized carbons (Fsp3) is 0.360. The number of hydrogen-bond acceptors (Lipinski definition) is 8. The third-order valence-corrected chi connectivity index (χ3v) is 5.55. The van der Waals surface area contributed by atoms with Gasteiger partial charge in [-0.15, -0.1) is 0 Å². The van der Waals surface area contributed by atoms with Gasteiger partial charge in [-0.3, -0.25) is 9.59 Å². The number of aliphatic hydroxyl groups excluding tert-OH is 1. The number of phenols is 1. The van der Waals surface area contributed by atoms with Crippen molar-refractivity contribution in [2.24, 2.45) is 0 Å². The van der Waals surface area contributed by atoms with Crippen molar-refractivity contribution in [1.82, 2.24) is 4.90 Å². The molecular weight excluding hydrogens is 442 g/mol. The number of methoxy groups -OCH3 is 3. The summed E-state index contributed by atoms with van der Waals surface area (Å²) in [5.41, 5.74) is 0.665. The fourth-order valence-corrected chi connectivity index (χ4v) is 3.95. The highest BCUT2D eigenvalue weighted by Gasteiger charge is 2.46. The molecule has 9 heteroatoms. The summed E-state index contributed by atoms with van der Waals surface area (Å²) in [7, 11) is 4.48. The van der Waals surface area contributed by atoms with Gasteiger partial charge in [0, 0.05) is 26.3 Å². The number of amides is 1. The van der Waals surface area contributed by atoms with Crippen LogP contribution in [0.5, 0.6) is 23.0 Å². The molecule has 1 aliphatic heterocycles.